The van der Waals surface area contributed by atoms with Crippen LogP contribution in [0, 0.1) is 5.41 Å². The van der Waals surface area contributed by atoms with E-state index in [1.807, 2.05) is 32.0 Å². The highest BCUT2D eigenvalue weighted by Crippen LogP contribution is 2.29. The Morgan fingerprint density at radius 1 is 1.38 bits per heavy atom. The van der Waals surface area contributed by atoms with Gasteiger partial charge in [-0.25, -0.2) is 0 Å². The van der Waals surface area contributed by atoms with Crippen molar-refractivity contribution in [1.82, 2.24) is 0 Å². The van der Waals surface area contributed by atoms with Gasteiger partial charge in [0.05, 0.1) is 6.61 Å². The number of carbonyl (C=O) groups excluding carboxylic acids is 1. The maximum absolute atomic E-state index is 12.6. The topological polar surface area (TPSA) is 96.9 Å². The second-order valence-electron chi connectivity index (χ2n) is 4.82. The Morgan fingerprint density at radius 2 is 2.00 bits per heavy atom. The predicted molar refractivity (Wildman–Crippen MR) is 82.2 cm³/mol. The molecular weight excluding hydrogens is 270 g/mol. The van der Waals surface area contributed by atoms with Crippen molar-refractivity contribution in [3.63, 3.8) is 0 Å². The van der Waals surface area contributed by atoms with E-state index in [-0.39, 0.29) is 11.7 Å². The Labute approximate surface area is 125 Å². The summed E-state index contributed by atoms with van der Waals surface area (Å²) >= 11 is 0. The number of carbonyl (C=O) groups is 1. The lowest BCUT2D eigenvalue weighted by molar-refractivity contribution is -0.122. The van der Waals surface area contributed by atoms with Gasteiger partial charge in [-0.05, 0) is 18.9 Å². The molecule has 0 radical (unpaired) electrons. The Kier molecular flexibility index (Phi) is 6.17. The summed E-state index contributed by atoms with van der Waals surface area (Å²) in [7, 11) is 1.59. The lowest BCUT2D eigenvalue weighted by atomic mass is 9.80. The van der Waals surface area contributed by atoms with Crippen molar-refractivity contribution in [2.45, 2.75) is 33.3 Å². The summed E-state index contributed by atoms with van der Waals surface area (Å²) in [6.07, 6.45) is 0.884. The number of benzene rings is 1. The van der Waals surface area contributed by atoms with Crippen LogP contribution in [0.4, 0.5) is 5.69 Å². The summed E-state index contributed by atoms with van der Waals surface area (Å²) in [4.78, 5) is 12.6. The van der Waals surface area contributed by atoms with Gasteiger partial charge in [-0.2, -0.15) is 0 Å². The van der Waals surface area contributed by atoms with Crippen LogP contribution in [0.1, 0.15) is 32.3 Å². The van der Waals surface area contributed by atoms with E-state index in [9.17, 15) is 4.79 Å². The third-order valence-corrected chi connectivity index (χ3v) is 3.81. The van der Waals surface area contributed by atoms with Gasteiger partial charge >= 0.3 is 0 Å². The fourth-order valence-corrected chi connectivity index (χ4v) is 2.31. The van der Waals surface area contributed by atoms with Crippen LogP contribution in [-0.2, 0) is 16.1 Å². The minimum absolute atomic E-state index is 0.0748. The average molecular weight is 293 g/mol. The van der Waals surface area contributed by atoms with E-state index in [4.69, 9.17) is 15.7 Å². The van der Waals surface area contributed by atoms with Crippen molar-refractivity contribution in [1.29, 1.82) is 0 Å². The zero-order valence-electron chi connectivity index (χ0n) is 12.7. The third-order valence-electron chi connectivity index (χ3n) is 3.81. The number of rotatable bonds is 7. The molecule has 4 N–H and O–H groups in total. The van der Waals surface area contributed by atoms with Crippen LogP contribution < -0.4 is 11.1 Å². The summed E-state index contributed by atoms with van der Waals surface area (Å²) in [5, 5.41) is 14.8. The van der Waals surface area contributed by atoms with Gasteiger partial charge in [-0.3, -0.25) is 4.79 Å². The molecule has 0 fully saturated rings. The standard InChI is InChI=1S/C15H23N3O3/c1-4-15(5-2,13(16)18-20)14(19)17-12-9-7-6-8-11(12)10-21-3/h6-9,20H,4-5,10H2,1-3H3,(H2,16,18)(H,17,19). The summed E-state index contributed by atoms with van der Waals surface area (Å²) in [5.41, 5.74) is 6.26. The maximum atomic E-state index is 12.6. The highest BCUT2D eigenvalue weighted by Gasteiger charge is 2.40. The molecule has 0 saturated carbocycles. The van der Waals surface area contributed by atoms with Crippen LogP contribution in [0.3, 0.4) is 0 Å². The van der Waals surface area contributed by atoms with Gasteiger partial charge in [0.1, 0.15) is 5.41 Å². The minimum atomic E-state index is -1.02. The van der Waals surface area contributed by atoms with Gasteiger partial charge in [0.25, 0.3) is 0 Å². The molecule has 6 nitrogen and oxygen atoms in total. The van der Waals surface area contributed by atoms with Gasteiger partial charge < -0.3 is 21.0 Å². The number of anilines is 1. The van der Waals surface area contributed by atoms with Gasteiger partial charge in [0, 0.05) is 18.4 Å². The first-order valence-corrected chi connectivity index (χ1v) is 6.92. The molecule has 116 valence electrons. The summed E-state index contributed by atoms with van der Waals surface area (Å²) < 4.78 is 5.12. The Bertz CT molecular complexity index is 511. The summed E-state index contributed by atoms with van der Waals surface area (Å²) in [6, 6.07) is 7.38. The molecule has 1 rings (SSSR count). The summed E-state index contributed by atoms with van der Waals surface area (Å²) in [6.45, 7) is 4.07. The summed E-state index contributed by atoms with van der Waals surface area (Å²) in [5.74, 6) is -0.361. The van der Waals surface area contributed by atoms with Crippen LogP contribution in [0.5, 0.6) is 0 Å². The number of nitrogens with one attached hydrogen (secondary N) is 1. The average Bonchev–Trinajstić information content (AvgIpc) is 2.51. The normalized spacial score (nSPS) is 12.2. The molecule has 21 heavy (non-hydrogen) atoms. The fraction of sp³-hybridized carbons (Fsp3) is 0.467. The molecule has 1 amide bonds. The SMILES string of the molecule is CCC(CC)(C(=O)Nc1ccccc1COC)C(N)=NO. The van der Waals surface area contributed by atoms with Gasteiger partial charge in [0.2, 0.25) is 5.91 Å². The number of hydrogen-bond acceptors (Lipinski definition) is 4. The lowest BCUT2D eigenvalue weighted by Crippen LogP contribution is -2.46. The number of amidine groups is 1. The van der Waals surface area contributed by atoms with Crippen LogP contribution in [-0.4, -0.2) is 24.1 Å². The van der Waals surface area contributed by atoms with Crippen LogP contribution >= 0.6 is 0 Å². The minimum Gasteiger partial charge on any atom is -0.409 e. The zero-order valence-corrected chi connectivity index (χ0v) is 12.7. The first-order chi connectivity index (χ1) is 10.1. The van der Waals surface area contributed by atoms with Crippen molar-refractivity contribution in [2.75, 3.05) is 12.4 Å². The number of oxime groups is 1. The van der Waals surface area contributed by atoms with Crippen LogP contribution in [0.2, 0.25) is 0 Å². The molecular formula is C15H23N3O3. The van der Waals surface area contributed by atoms with E-state index in [1.165, 1.54) is 0 Å². The molecule has 0 heterocycles. The smallest absolute Gasteiger partial charge is 0.238 e. The van der Waals surface area contributed by atoms with Crippen molar-refractivity contribution < 1.29 is 14.7 Å². The molecule has 6 heteroatoms. The number of nitrogens with zero attached hydrogens (tertiary/aromatic N) is 1. The van der Waals surface area contributed by atoms with Gasteiger partial charge in [-0.1, -0.05) is 37.2 Å². The second kappa shape index (κ2) is 7.64. The fourth-order valence-electron chi connectivity index (χ4n) is 2.31. The number of methoxy groups -OCH3 is 1. The van der Waals surface area contributed by atoms with Crippen molar-refractivity contribution in [2.24, 2.45) is 16.3 Å². The second-order valence-corrected chi connectivity index (χ2v) is 4.82. The van der Waals surface area contributed by atoms with E-state index in [1.54, 1.807) is 13.2 Å². The van der Waals surface area contributed by atoms with Gasteiger partial charge in [-0.15, -0.1) is 0 Å². The molecule has 0 aliphatic carbocycles. The number of ether oxygens (including phenoxy) is 1. The predicted octanol–water partition coefficient (Wildman–Crippen LogP) is 2.32. The third kappa shape index (κ3) is 3.52. The lowest BCUT2D eigenvalue weighted by Gasteiger charge is -2.29. The monoisotopic (exact) mass is 293 g/mol. The molecule has 1 aromatic rings. The maximum Gasteiger partial charge on any atom is 0.238 e. The molecule has 0 bridgehead atoms. The van der Waals surface area contributed by atoms with Gasteiger partial charge in [0.15, 0.2) is 5.84 Å². The molecule has 1 aromatic carbocycles. The number of hydrogen-bond donors (Lipinski definition) is 3. The Balaban J connectivity index is 3.08. The quantitative estimate of drug-likeness (QED) is 0.311. The molecule has 0 aliphatic rings. The van der Waals surface area contributed by atoms with E-state index in [2.05, 4.69) is 10.5 Å². The first kappa shape index (κ1) is 17.0. The molecule has 0 spiro atoms. The van der Waals surface area contributed by atoms with Crippen LogP contribution in [0.15, 0.2) is 29.4 Å². The highest BCUT2D eigenvalue weighted by atomic mass is 16.5. The number of para-hydroxylation sites is 1. The largest absolute Gasteiger partial charge is 0.409 e. The van der Waals surface area contributed by atoms with Crippen LogP contribution in [0.25, 0.3) is 0 Å². The Hall–Kier alpha value is -2.08. The van der Waals surface area contributed by atoms with E-state index < -0.39 is 5.41 Å². The molecule has 0 aliphatic heterocycles. The highest BCUT2D eigenvalue weighted by molar-refractivity contribution is 6.12. The van der Waals surface area contributed by atoms with Crippen molar-refractivity contribution in [3.8, 4) is 0 Å². The van der Waals surface area contributed by atoms with E-state index in [0.29, 0.717) is 25.1 Å². The van der Waals surface area contributed by atoms with Crippen molar-refractivity contribution in [3.05, 3.63) is 29.8 Å². The molecule has 0 aromatic heterocycles. The zero-order chi connectivity index (χ0) is 15.9. The number of amides is 1. The first-order valence-electron chi connectivity index (χ1n) is 6.92. The van der Waals surface area contributed by atoms with E-state index in [0.717, 1.165) is 5.56 Å². The Morgan fingerprint density at radius 3 is 2.52 bits per heavy atom. The molecule has 0 atom stereocenters. The van der Waals surface area contributed by atoms with E-state index >= 15 is 0 Å². The molecule has 0 saturated heterocycles. The number of nitrogens with two attached hydrogens (primary N) is 1. The van der Waals surface area contributed by atoms with Crippen molar-refractivity contribution >= 4 is 17.4 Å². The molecule has 0 unspecified atom stereocenters.